The van der Waals surface area contributed by atoms with Gasteiger partial charge < -0.3 is 15.0 Å². The summed E-state index contributed by atoms with van der Waals surface area (Å²) in [7, 11) is 3.36. The van der Waals surface area contributed by atoms with Crippen LogP contribution in [0.15, 0.2) is 54.6 Å². The highest BCUT2D eigenvalue weighted by molar-refractivity contribution is 5.93. The van der Waals surface area contributed by atoms with E-state index in [0.29, 0.717) is 25.1 Å². The molecule has 126 valence electrons. The monoisotopic (exact) mass is 326 g/mol. The molecule has 0 radical (unpaired) electrons. The number of carbonyl (C=O) groups excluding carboxylic acids is 2. The molecule has 0 unspecified atom stereocenters. The van der Waals surface area contributed by atoms with Crippen LogP contribution >= 0.6 is 0 Å². The second-order valence-electron chi connectivity index (χ2n) is 5.44. The number of carbonyl (C=O) groups is 2. The molecular weight excluding hydrogens is 304 g/mol. The van der Waals surface area contributed by atoms with E-state index in [1.807, 2.05) is 42.5 Å². The van der Waals surface area contributed by atoms with Crippen molar-refractivity contribution in [2.24, 2.45) is 0 Å². The highest BCUT2D eigenvalue weighted by atomic mass is 16.5. The van der Waals surface area contributed by atoms with Gasteiger partial charge in [0, 0.05) is 26.2 Å². The van der Waals surface area contributed by atoms with Gasteiger partial charge in [0.25, 0.3) is 5.91 Å². The van der Waals surface area contributed by atoms with E-state index >= 15 is 0 Å². The maximum Gasteiger partial charge on any atom is 0.251 e. The fourth-order valence-electron chi connectivity index (χ4n) is 2.23. The van der Waals surface area contributed by atoms with Gasteiger partial charge in [0.2, 0.25) is 5.91 Å². The third-order valence-corrected chi connectivity index (χ3v) is 3.62. The summed E-state index contributed by atoms with van der Waals surface area (Å²) in [5, 5.41) is 2.58. The van der Waals surface area contributed by atoms with Crippen LogP contribution in [0.3, 0.4) is 0 Å². The van der Waals surface area contributed by atoms with Crippen LogP contribution in [0.4, 0.5) is 0 Å². The first kappa shape index (κ1) is 17.5. The van der Waals surface area contributed by atoms with E-state index in [-0.39, 0.29) is 11.8 Å². The van der Waals surface area contributed by atoms with Crippen molar-refractivity contribution in [1.29, 1.82) is 0 Å². The molecule has 0 aliphatic rings. The molecule has 0 bridgehead atoms. The first-order valence-electron chi connectivity index (χ1n) is 7.83. The Labute approximate surface area is 142 Å². The zero-order valence-electron chi connectivity index (χ0n) is 14.0. The van der Waals surface area contributed by atoms with Gasteiger partial charge in [-0.15, -0.1) is 0 Å². The third kappa shape index (κ3) is 5.12. The second kappa shape index (κ2) is 8.72. The predicted octanol–water partition coefficient (Wildman–Crippen LogP) is 2.47. The molecule has 2 rings (SSSR count). The van der Waals surface area contributed by atoms with E-state index in [4.69, 9.17) is 4.74 Å². The molecule has 2 amide bonds. The number of hydrogen-bond donors (Lipinski definition) is 1. The summed E-state index contributed by atoms with van der Waals surface area (Å²) in [6.07, 6.45) is 0.321. The van der Waals surface area contributed by atoms with Crippen molar-refractivity contribution in [3.05, 3.63) is 65.7 Å². The van der Waals surface area contributed by atoms with Crippen LogP contribution in [0.1, 0.15) is 22.3 Å². The fraction of sp³-hybridized carbons (Fsp3) is 0.263. The molecule has 0 aliphatic heterocycles. The molecule has 1 N–H and O–H groups in total. The average Bonchev–Trinajstić information content (AvgIpc) is 2.62. The minimum atomic E-state index is -0.121. The van der Waals surface area contributed by atoms with Crippen molar-refractivity contribution in [2.45, 2.75) is 13.0 Å². The molecule has 0 heterocycles. The highest BCUT2D eigenvalue weighted by Crippen LogP contribution is 2.10. The minimum absolute atomic E-state index is 0.0151. The Morgan fingerprint density at radius 1 is 1.04 bits per heavy atom. The Morgan fingerprint density at radius 3 is 2.33 bits per heavy atom. The largest absolute Gasteiger partial charge is 0.493 e. The Bertz CT molecular complexity index is 669. The molecule has 0 spiro atoms. The van der Waals surface area contributed by atoms with Gasteiger partial charge in [-0.2, -0.15) is 0 Å². The Kier molecular flexibility index (Phi) is 6.37. The Hall–Kier alpha value is -2.82. The maximum absolute atomic E-state index is 12.1. The van der Waals surface area contributed by atoms with Crippen molar-refractivity contribution in [3.8, 4) is 5.75 Å². The van der Waals surface area contributed by atoms with E-state index in [1.54, 1.807) is 31.1 Å². The summed E-state index contributed by atoms with van der Waals surface area (Å²) in [4.78, 5) is 25.3. The van der Waals surface area contributed by atoms with Gasteiger partial charge in [0.15, 0.2) is 0 Å². The Balaban J connectivity index is 1.79. The van der Waals surface area contributed by atoms with Crippen molar-refractivity contribution >= 4 is 11.8 Å². The van der Waals surface area contributed by atoms with E-state index in [9.17, 15) is 9.59 Å². The standard InChI is InChI=1S/C19H22N2O3/c1-20-19(23)16-10-8-15(9-11-16)14-21(2)18(22)12-13-24-17-6-4-3-5-7-17/h3-11H,12-14H2,1-2H3,(H,20,23). The van der Waals surface area contributed by atoms with E-state index < -0.39 is 0 Å². The number of ether oxygens (including phenoxy) is 1. The zero-order chi connectivity index (χ0) is 17.4. The van der Waals surface area contributed by atoms with Crippen LogP contribution in [0, 0.1) is 0 Å². The van der Waals surface area contributed by atoms with Crippen LogP contribution in [-0.2, 0) is 11.3 Å². The summed E-state index contributed by atoms with van der Waals surface area (Å²) in [6.45, 7) is 0.848. The fourth-order valence-corrected chi connectivity index (χ4v) is 2.23. The summed E-state index contributed by atoms with van der Waals surface area (Å²) in [5.74, 6) is 0.656. The second-order valence-corrected chi connectivity index (χ2v) is 5.44. The topological polar surface area (TPSA) is 58.6 Å². The molecule has 0 fully saturated rings. The van der Waals surface area contributed by atoms with Gasteiger partial charge in [0.1, 0.15) is 5.75 Å². The summed E-state index contributed by atoms with van der Waals surface area (Å²) >= 11 is 0. The molecule has 0 atom stereocenters. The van der Waals surface area contributed by atoms with E-state index in [2.05, 4.69) is 5.32 Å². The van der Waals surface area contributed by atoms with Gasteiger partial charge in [-0.05, 0) is 29.8 Å². The molecule has 0 aromatic heterocycles. The molecule has 0 aliphatic carbocycles. The number of para-hydroxylation sites is 1. The summed E-state index contributed by atoms with van der Waals surface area (Å²) < 4.78 is 5.54. The lowest BCUT2D eigenvalue weighted by Crippen LogP contribution is -2.27. The molecule has 0 saturated carbocycles. The zero-order valence-corrected chi connectivity index (χ0v) is 14.0. The van der Waals surface area contributed by atoms with E-state index in [0.717, 1.165) is 11.3 Å². The lowest BCUT2D eigenvalue weighted by Gasteiger charge is -2.17. The smallest absolute Gasteiger partial charge is 0.251 e. The van der Waals surface area contributed by atoms with Crippen LogP contribution in [0.5, 0.6) is 5.75 Å². The molecule has 5 heteroatoms. The lowest BCUT2D eigenvalue weighted by atomic mass is 10.1. The predicted molar refractivity (Wildman–Crippen MR) is 92.9 cm³/mol. The number of nitrogens with one attached hydrogen (secondary N) is 1. The van der Waals surface area contributed by atoms with Gasteiger partial charge in [0.05, 0.1) is 13.0 Å². The highest BCUT2D eigenvalue weighted by Gasteiger charge is 2.10. The van der Waals surface area contributed by atoms with Crippen molar-refractivity contribution in [2.75, 3.05) is 20.7 Å². The normalized spacial score (nSPS) is 10.1. The quantitative estimate of drug-likeness (QED) is 0.850. The first-order chi connectivity index (χ1) is 11.6. The van der Waals surface area contributed by atoms with Gasteiger partial charge >= 0.3 is 0 Å². The number of amides is 2. The van der Waals surface area contributed by atoms with Crippen molar-refractivity contribution < 1.29 is 14.3 Å². The number of hydrogen-bond acceptors (Lipinski definition) is 3. The Morgan fingerprint density at radius 2 is 1.71 bits per heavy atom. The first-order valence-corrected chi connectivity index (χ1v) is 7.83. The summed E-state index contributed by atoms with van der Waals surface area (Å²) in [6, 6.07) is 16.7. The summed E-state index contributed by atoms with van der Waals surface area (Å²) in [5.41, 5.74) is 1.58. The van der Waals surface area contributed by atoms with Crippen molar-refractivity contribution in [1.82, 2.24) is 10.2 Å². The molecule has 24 heavy (non-hydrogen) atoms. The number of nitrogens with zero attached hydrogens (tertiary/aromatic N) is 1. The van der Waals surface area contributed by atoms with Gasteiger partial charge in [-0.25, -0.2) is 0 Å². The van der Waals surface area contributed by atoms with Gasteiger partial charge in [-0.3, -0.25) is 9.59 Å². The number of benzene rings is 2. The molecule has 2 aromatic carbocycles. The van der Waals surface area contributed by atoms with E-state index in [1.165, 1.54) is 0 Å². The van der Waals surface area contributed by atoms with Gasteiger partial charge in [-0.1, -0.05) is 30.3 Å². The molecular formula is C19H22N2O3. The SMILES string of the molecule is CNC(=O)c1ccc(CN(C)C(=O)CCOc2ccccc2)cc1. The van der Waals surface area contributed by atoms with Crippen LogP contribution in [0.25, 0.3) is 0 Å². The number of rotatable bonds is 7. The van der Waals surface area contributed by atoms with Crippen LogP contribution in [-0.4, -0.2) is 37.4 Å². The third-order valence-electron chi connectivity index (χ3n) is 3.62. The molecule has 0 saturated heterocycles. The minimum Gasteiger partial charge on any atom is -0.493 e. The molecule has 2 aromatic rings. The molecule has 5 nitrogen and oxygen atoms in total. The maximum atomic E-state index is 12.1. The lowest BCUT2D eigenvalue weighted by molar-refractivity contribution is -0.130. The van der Waals surface area contributed by atoms with Crippen LogP contribution in [0.2, 0.25) is 0 Å². The average molecular weight is 326 g/mol. The van der Waals surface area contributed by atoms with Crippen molar-refractivity contribution in [3.63, 3.8) is 0 Å². The van der Waals surface area contributed by atoms with Crippen LogP contribution < -0.4 is 10.1 Å².